The van der Waals surface area contributed by atoms with Crippen LogP contribution in [0.1, 0.15) is 55.6 Å². The van der Waals surface area contributed by atoms with Crippen molar-refractivity contribution in [1.82, 2.24) is 0 Å². The smallest absolute Gasteiger partial charge is 0.129 e. The molecule has 8 heteroatoms. The highest BCUT2D eigenvalue weighted by Gasteiger charge is 2.04. The predicted octanol–water partition coefficient (Wildman–Crippen LogP) is 14.7. The van der Waals surface area contributed by atoms with Crippen LogP contribution in [0.3, 0.4) is 0 Å². The first kappa shape index (κ1) is 43.0. The Balaban J connectivity index is 0.000000300. The van der Waals surface area contributed by atoms with Crippen molar-refractivity contribution in [3.63, 3.8) is 0 Å². The van der Waals surface area contributed by atoms with Crippen LogP contribution in [-0.4, -0.2) is 0 Å². The molecule has 0 saturated heterocycles. The van der Waals surface area contributed by atoms with Gasteiger partial charge in [-0.15, -0.1) is 0 Å². The molecule has 0 aromatic heterocycles. The van der Waals surface area contributed by atoms with E-state index in [4.69, 9.17) is 46.4 Å². The maximum Gasteiger partial charge on any atom is 0.129 e. The summed E-state index contributed by atoms with van der Waals surface area (Å²) in [6.45, 7) is 18.1. The van der Waals surface area contributed by atoms with Gasteiger partial charge in [-0.25, -0.2) is 17.6 Å². The van der Waals surface area contributed by atoms with Gasteiger partial charge in [0.15, 0.2) is 0 Å². The zero-order valence-corrected chi connectivity index (χ0v) is 32.0. The summed E-state index contributed by atoms with van der Waals surface area (Å²) in [7, 11) is 0. The largest absolute Gasteiger partial charge is 0.207 e. The van der Waals surface area contributed by atoms with Gasteiger partial charge in [0.25, 0.3) is 0 Å². The molecule has 0 fully saturated rings. The van der Waals surface area contributed by atoms with Crippen LogP contribution in [0.4, 0.5) is 17.6 Å². The molecular formula is C40H42Cl4F4. The predicted molar refractivity (Wildman–Crippen MR) is 199 cm³/mol. The standard InChI is InChI=1S/C8H8Cl2.C8H8ClF.C8H9Cl.C8H8F2.C8H9F/c2*1-5-3-7(9)6(2)8(10)4-5;1-6-3-4-7(2)8(9)5-6;1-5-3-7(9)6(2)8(10)4-5;1-6-3-4-7(2)8(9)5-6/h2*3-4H,1-2H3;3-5H,1-2H3;3-4H,1-2H3;3-5H,1-2H3. The summed E-state index contributed by atoms with van der Waals surface area (Å²) >= 11 is 23.2. The summed E-state index contributed by atoms with van der Waals surface area (Å²) in [4.78, 5) is 0. The summed E-state index contributed by atoms with van der Waals surface area (Å²) in [5.74, 6) is -1.30. The third-order valence-electron chi connectivity index (χ3n) is 6.93. The van der Waals surface area contributed by atoms with Crippen LogP contribution < -0.4 is 0 Å². The molecule has 0 heterocycles. The number of hydrogen-bond acceptors (Lipinski definition) is 0. The van der Waals surface area contributed by atoms with E-state index in [2.05, 4.69) is 6.07 Å². The monoisotopic (exact) mass is 738 g/mol. The fraction of sp³-hybridized carbons (Fsp3) is 0.250. The highest BCUT2D eigenvalue weighted by atomic mass is 35.5. The van der Waals surface area contributed by atoms with Crippen molar-refractivity contribution >= 4 is 46.4 Å². The normalized spacial score (nSPS) is 9.88. The molecule has 0 saturated carbocycles. The summed E-state index contributed by atoms with van der Waals surface area (Å²) in [5.41, 5.74) is 8.16. The second kappa shape index (κ2) is 20.5. The first-order valence-corrected chi connectivity index (χ1v) is 16.5. The van der Waals surface area contributed by atoms with Crippen molar-refractivity contribution in [1.29, 1.82) is 0 Å². The van der Waals surface area contributed by atoms with Crippen LogP contribution in [0.15, 0.2) is 72.8 Å². The van der Waals surface area contributed by atoms with Crippen molar-refractivity contribution in [2.45, 2.75) is 69.2 Å². The van der Waals surface area contributed by atoms with Crippen LogP contribution >= 0.6 is 46.4 Å². The number of hydrogen-bond donors (Lipinski definition) is 0. The topological polar surface area (TPSA) is 0 Å². The molecule has 0 atom stereocenters. The zero-order valence-electron chi connectivity index (χ0n) is 29.0. The summed E-state index contributed by atoms with van der Waals surface area (Å²) in [6, 6.07) is 20.9. The summed E-state index contributed by atoms with van der Waals surface area (Å²) in [5, 5.41) is 2.84. The lowest BCUT2D eigenvalue weighted by molar-refractivity contribution is 0.566. The average Bonchev–Trinajstić information content (AvgIpc) is 2.98. The molecule has 258 valence electrons. The fourth-order valence-electron chi connectivity index (χ4n) is 3.71. The Hall–Kier alpha value is -3.02. The molecule has 0 unspecified atom stereocenters. The maximum atomic E-state index is 12.8. The zero-order chi connectivity index (χ0) is 36.9. The van der Waals surface area contributed by atoms with Gasteiger partial charge in [0, 0.05) is 31.2 Å². The van der Waals surface area contributed by atoms with E-state index >= 15 is 0 Å². The Morgan fingerprint density at radius 2 is 0.625 bits per heavy atom. The molecule has 0 N–H and O–H groups in total. The van der Waals surface area contributed by atoms with Gasteiger partial charge in [-0.05, 0) is 162 Å². The van der Waals surface area contributed by atoms with Gasteiger partial charge < -0.3 is 0 Å². The van der Waals surface area contributed by atoms with Crippen molar-refractivity contribution < 1.29 is 17.6 Å². The quantitative estimate of drug-likeness (QED) is 0.139. The molecule has 0 radical (unpaired) electrons. The van der Waals surface area contributed by atoms with E-state index in [-0.39, 0.29) is 17.2 Å². The van der Waals surface area contributed by atoms with Crippen molar-refractivity contribution in [3.05, 3.63) is 172 Å². The average molecular weight is 741 g/mol. The van der Waals surface area contributed by atoms with Gasteiger partial charge in [-0.1, -0.05) is 70.7 Å². The van der Waals surface area contributed by atoms with E-state index in [1.54, 1.807) is 32.9 Å². The first-order chi connectivity index (χ1) is 22.2. The summed E-state index contributed by atoms with van der Waals surface area (Å²) in [6.07, 6.45) is 0. The van der Waals surface area contributed by atoms with Crippen molar-refractivity contribution in [2.75, 3.05) is 0 Å². The first-order valence-electron chi connectivity index (χ1n) is 15.0. The molecule has 0 aliphatic carbocycles. The highest BCUT2D eigenvalue weighted by molar-refractivity contribution is 6.36. The van der Waals surface area contributed by atoms with Crippen molar-refractivity contribution in [3.8, 4) is 0 Å². The molecule has 0 bridgehead atoms. The number of rotatable bonds is 0. The lowest BCUT2D eigenvalue weighted by Crippen LogP contribution is -1.88. The molecule has 5 rings (SSSR count). The van der Waals surface area contributed by atoms with E-state index in [1.807, 2.05) is 71.9 Å². The third-order valence-corrected chi connectivity index (χ3v) is 8.52. The van der Waals surface area contributed by atoms with Crippen LogP contribution in [0.25, 0.3) is 0 Å². The minimum absolute atomic E-state index is 0.0885. The fourth-order valence-corrected chi connectivity index (χ4v) is 4.81. The van der Waals surface area contributed by atoms with Gasteiger partial charge in [-0.3, -0.25) is 0 Å². The van der Waals surface area contributed by atoms with Crippen LogP contribution in [0.5, 0.6) is 0 Å². The molecule has 5 aromatic rings. The van der Waals surface area contributed by atoms with Crippen LogP contribution in [0.2, 0.25) is 20.1 Å². The Morgan fingerprint density at radius 1 is 0.312 bits per heavy atom. The van der Waals surface area contributed by atoms with Gasteiger partial charge in [-0.2, -0.15) is 0 Å². The minimum atomic E-state index is -0.475. The van der Waals surface area contributed by atoms with Gasteiger partial charge in [0.2, 0.25) is 0 Å². The maximum absolute atomic E-state index is 12.8. The molecular weight excluding hydrogens is 698 g/mol. The highest BCUT2D eigenvalue weighted by Crippen LogP contribution is 2.25. The van der Waals surface area contributed by atoms with E-state index < -0.39 is 11.6 Å². The van der Waals surface area contributed by atoms with Crippen molar-refractivity contribution in [2.24, 2.45) is 0 Å². The lowest BCUT2D eigenvalue weighted by atomic mass is 10.1. The van der Waals surface area contributed by atoms with E-state index in [0.29, 0.717) is 21.7 Å². The molecule has 5 aromatic carbocycles. The van der Waals surface area contributed by atoms with Gasteiger partial charge >= 0.3 is 0 Å². The third kappa shape index (κ3) is 15.0. The SMILES string of the molecule is Cc1cc(Cl)c(C)c(Cl)c1.Cc1cc(F)c(C)c(Cl)c1.Cc1cc(F)c(C)c(F)c1.Cc1ccc(C)c(Cl)c1.Cc1ccc(C)c(F)c1. The second-order valence-corrected chi connectivity index (χ2v) is 13.2. The second-order valence-electron chi connectivity index (χ2n) is 11.6. The van der Waals surface area contributed by atoms with Gasteiger partial charge in [0.1, 0.15) is 23.3 Å². The number of aryl methyl sites for hydroxylation is 7. The molecule has 0 spiro atoms. The Kier molecular flexibility index (Phi) is 18.3. The van der Waals surface area contributed by atoms with E-state index in [9.17, 15) is 17.6 Å². The summed E-state index contributed by atoms with van der Waals surface area (Å²) < 4.78 is 50.5. The van der Waals surface area contributed by atoms with Crippen LogP contribution in [0, 0.1) is 92.5 Å². The Bertz CT molecular complexity index is 1570. The number of halogens is 8. The lowest BCUT2D eigenvalue weighted by Gasteiger charge is -2.01. The van der Waals surface area contributed by atoms with Crippen LogP contribution in [-0.2, 0) is 0 Å². The van der Waals surface area contributed by atoms with E-state index in [0.717, 1.165) is 42.9 Å². The number of benzene rings is 5. The Morgan fingerprint density at radius 3 is 1.00 bits per heavy atom. The van der Waals surface area contributed by atoms with Gasteiger partial charge in [0.05, 0.1) is 0 Å². The molecule has 0 amide bonds. The molecule has 48 heavy (non-hydrogen) atoms. The minimum Gasteiger partial charge on any atom is -0.207 e. The molecule has 0 aliphatic heterocycles. The Labute approximate surface area is 303 Å². The van der Waals surface area contributed by atoms with E-state index in [1.165, 1.54) is 36.8 Å². The molecule has 0 aliphatic rings. The molecule has 0 nitrogen and oxygen atoms in total.